The maximum atomic E-state index is 12.8. The molecule has 3 rings (SSSR count). The number of carbonyl (C=O) groups excluding carboxylic acids is 2. The second-order valence-electron chi connectivity index (χ2n) is 6.50. The van der Waals surface area contributed by atoms with E-state index in [0.29, 0.717) is 17.8 Å². The van der Waals surface area contributed by atoms with Gasteiger partial charge in [-0.15, -0.1) is 11.3 Å². The number of Topliss-reactive ketones (excluding diaryl/α,β-unsaturated/α-hetero) is 1. The number of ketones is 1. The van der Waals surface area contributed by atoms with Crippen LogP contribution in [-0.4, -0.2) is 17.4 Å². The molecule has 0 aliphatic carbocycles. The highest BCUT2D eigenvalue weighted by molar-refractivity contribution is 7.09. The van der Waals surface area contributed by atoms with Gasteiger partial charge in [0.25, 0.3) is 5.91 Å². The van der Waals surface area contributed by atoms with Crippen molar-refractivity contribution in [3.05, 3.63) is 52.7 Å². The third-order valence-corrected chi connectivity index (χ3v) is 5.24. The summed E-state index contributed by atoms with van der Waals surface area (Å²) >= 11 is 1.70. The van der Waals surface area contributed by atoms with Gasteiger partial charge in [-0.25, -0.2) is 0 Å². The van der Waals surface area contributed by atoms with E-state index in [2.05, 4.69) is 11.2 Å². The second-order valence-corrected chi connectivity index (χ2v) is 7.53. The van der Waals surface area contributed by atoms with Crippen LogP contribution >= 0.6 is 11.3 Å². The lowest BCUT2D eigenvalue weighted by atomic mass is 9.88. The Morgan fingerprint density at radius 1 is 1.20 bits per heavy atom. The minimum Gasteiger partial charge on any atom is -0.298 e. The first-order chi connectivity index (χ1) is 12.1. The zero-order chi connectivity index (χ0) is 17.8. The highest BCUT2D eigenvalue weighted by Gasteiger charge is 2.41. The van der Waals surface area contributed by atoms with Crippen molar-refractivity contribution >= 4 is 34.4 Å². The predicted molar refractivity (Wildman–Crippen MR) is 102 cm³/mol. The van der Waals surface area contributed by atoms with Crippen molar-refractivity contribution in [2.75, 3.05) is 5.01 Å². The fourth-order valence-corrected chi connectivity index (χ4v) is 3.76. The summed E-state index contributed by atoms with van der Waals surface area (Å²) in [6.07, 6.45) is 2.05. The van der Waals surface area contributed by atoms with Gasteiger partial charge in [-0.05, 0) is 42.3 Å². The van der Waals surface area contributed by atoms with Crippen LogP contribution in [0.15, 0.2) is 52.9 Å². The smallest absolute Gasteiger partial charge is 0.263 e. The molecule has 5 heteroatoms. The topological polar surface area (TPSA) is 49.7 Å². The van der Waals surface area contributed by atoms with Crippen LogP contribution in [-0.2, 0) is 16.0 Å². The Kier molecular flexibility index (Phi) is 5.43. The normalized spacial score (nSPS) is 17.2. The number of carbonyl (C=O) groups is 2. The van der Waals surface area contributed by atoms with E-state index in [4.69, 9.17) is 0 Å². The molecule has 0 N–H and O–H groups in total. The Bertz CT molecular complexity index is 766. The summed E-state index contributed by atoms with van der Waals surface area (Å²) in [6, 6.07) is 13.4. The SMILES string of the molecule is CC(C)C1=NN(c2ccccc2)C(=O)C1C(=O)CCCc1cccs1. The molecule has 1 aliphatic heterocycles. The number of rotatable bonds is 7. The molecule has 4 nitrogen and oxygen atoms in total. The van der Waals surface area contributed by atoms with Gasteiger partial charge in [0.15, 0.2) is 5.78 Å². The zero-order valence-corrected chi connectivity index (χ0v) is 15.3. The number of aryl methyl sites for hydroxylation is 1. The number of para-hydroxylation sites is 1. The van der Waals surface area contributed by atoms with E-state index in [-0.39, 0.29) is 17.6 Å². The van der Waals surface area contributed by atoms with Crippen molar-refractivity contribution < 1.29 is 9.59 Å². The Balaban J connectivity index is 1.71. The van der Waals surface area contributed by atoms with Crippen LogP contribution in [0, 0.1) is 11.8 Å². The van der Waals surface area contributed by atoms with Crippen LogP contribution in [0.4, 0.5) is 5.69 Å². The first kappa shape index (κ1) is 17.5. The molecule has 25 heavy (non-hydrogen) atoms. The maximum absolute atomic E-state index is 12.8. The van der Waals surface area contributed by atoms with Gasteiger partial charge < -0.3 is 0 Å². The lowest BCUT2D eigenvalue weighted by Gasteiger charge is -2.14. The van der Waals surface area contributed by atoms with Crippen LogP contribution in [0.25, 0.3) is 0 Å². The van der Waals surface area contributed by atoms with Gasteiger partial charge in [-0.3, -0.25) is 9.59 Å². The first-order valence-corrected chi connectivity index (χ1v) is 9.48. The average molecular weight is 354 g/mol. The van der Waals surface area contributed by atoms with Gasteiger partial charge in [-0.1, -0.05) is 38.1 Å². The van der Waals surface area contributed by atoms with Crippen LogP contribution in [0.5, 0.6) is 0 Å². The number of nitrogens with zero attached hydrogens (tertiary/aromatic N) is 2. The minimum atomic E-state index is -0.733. The Labute approximate surface area is 152 Å². The van der Waals surface area contributed by atoms with Gasteiger partial charge in [-0.2, -0.15) is 10.1 Å². The largest absolute Gasteiger partial charge is 0.298 e. The number of hydrazone groups is 1. The van der Waals surface area contributed by atoms with Gasteiger partial charge in [0.1, 0.15) is 5.92 Å². The van der Waals surface area contributed by atoms with E-state index in [0.717, 1.165) is 12.8 Å². The maximum Gasteiger partial charge on any atom is 0.263 e. The number of amides is 1. The van der Waals surface area contributed by atoms with Gasteiger partial charge >= 0.3 is 0 Å². The molecule has 0 spiro atoms. The summed E-state index contributed by atoms with van der Waals surface area (Å²) in [5.41, 5.74) is 1.38. The van der Waals surface area contributed by atoms with Gasteiger partial charge in [0.2, 0.25) is 0 Å². The molecule has 1 aromatic heterocycles. The summed E-state index contributed by atoms with van der Waals surface area (Å²) in [7, 11) is 0. The number of benzene rings is 1. The monoisotopic (exact) mass is 354 g/mol. The quantitative estimate of drug-likeness (QED) is 0.696. The molecule has 0 bridgehead atoms. The van der Waals surface area contributed by atoms with Crippen LogP contribution in [0.1, 0.15) is 31.6 Å². The van der Waals surface area contributed by atoms with Crippen molar-refractivity contribution in [1.82, 2.24) is 0 Å². The molecular weight excluding hydrogens is 332 g/mol. The Morgan fingerprint density at radius 3 is 2.60 bits per heavy atom. The number of thiophene rings is 1. The fourth-order valence-electron chi connectivity index (χ4n) is 3.01. The molecule has 0 radical (unpaired) electrons. The molecular formula is C20H22N2O2S. The van der Waals surface area contributed by atoms with Crippen molar-refractivity contribution in [2.24, 2.45) is 16.9 Å². The van der Waals surface area contributed by atoms with Crippen LogP contribution in [0.2, 0.25) is 0 Å². The molecule has 2 aromatic rings. The van der Waals surface area contributed by atoms with E-state index in [1.54, 1.807) is 11.3 Å². The summed E-state index contributed by atoms with van der Waals surface area (Å²) < 4.78 is 0. The number of hydrogen-bond acceptors (Lipinski definition) is 4. The Hall–Kier alpha value is -2.27. The van der Waals surface area contributed by atoms with E-state index in [1.165, 1.54) is 9.89 Å². The molecule has 0 fully saturated rings. The lowest BCUT2D eigenvalue weighted by molar-refractivity contribution is -0.129. The molecule has 0 saturated carbocycles. The molecule has 1 aromatic carbocycles. The first-order valence-electron chi connectivity index (χ1n) is 8.60. The average Bonchev–Trinajstić information content (AvgIpc) is 3.23. The third-order valence-electron chi connectivity index (χ3n) is 4.31. The lowest BCUT2D eigenvalue weighted by Crippen LogP contribution is -2.34. The van der Waals surface area contributed by atoms with E-state index < -0.39 is 5.92 Å². The summed E-state index contributed by atoms with van der Waals surface area (Å²) in [4.78, 5) is 26.9. The summed E-state index contributed by atoms with van der Waals surface area (Å²) in [6.45, 7) is 3.96. The third kappa shape index (κ3) is 3.87. The minimum absolute atomic E-state index is 0.0209. The van der Waals surface area contributed by atoms with Crippen LogP contribution < -0.4 is 5.01 Å². The highest BCUT2D eigenvalue weighted by atomic mass is 32.1. The molecule has 2 heterocycles. The molecule has 1 unspecified atom stereocenters. The fraction of sp³-hybridized carbons (Fsp3) is 0.350. The zero-order valence-electron chi connectivity index (χ0n) is 14.5. The van der Waals surface area contributed by atoms with Gasteiger partial charge in [0, 0.05) is 11.3 Å². The van der Waals surface area contributed by atoms with Gasteiger partial charge in [0.05, 0.1) is 11.4 Å². The summed E-state index contributed by atoms with van der Waals surface area (Å²) in [5.74, 6) is -0.920. The standard InChI is InChI=1S/C20H22N2O2S/c1-14(2)19-18(17(23)12-6-10-16-11-7-13-25-16)20(24)22(21-19)15-8-4-3-5-9-15/h3-5,7-9,11,13-14,18H,6,10,12H2,1-2H3. The molecule has 130 valence electrons. The summed E-state index contributed by atoms with van der Waals surface area (Å²) in [5, 5.41) is 7.91. The van der Waals surface area contributed by atoms with E-state index >= 15 is 0 Å². The highest BCUT2D eigenvalue weighted by Crippen LogP contribution is 2.28. The van der Waals surface area contributed by atoms with Crippen molar-refractivity contribution in [3.63, 3.8) is 0 Å². The molecule has 1 amide bonds. The van der Waals surface area contributed by atoms with E-state index in [1.807, 2.05) is 55.6 Å². The molecule has 1 aliphatic rings. The van der Waals surface area contributed by atoms with Crippen molar-refractivity contribution in [2.45, 2.75) is 33.1 Å². The molecule has 0 saturated heterocycles. The van der Waals surface area contributed by atoms with E-state index in [9.17, 15) is 9.59 Å². The predicted octanol–water partition coefficient (Wildman–Crippen LogP) is 4.31. The number of hydrogen-bond donors (Lipinski definition) is 0. The second kappa shape index (κ2) is 7.74. The van der Waals surface area contributed by atoms with Crippen molar-refractivity contribution in [1.29, 1.82) is 0 Å². The molecule has 1 atom stereocenters. The van der Waals surface area contributed by atoms with Crippen molar-refractivity contribution in [3.8, 4) is 0 Å². The van der Waals surface area contributed by atoms with Crippen LogP contribution in [0.3, 0.4) is 0 Å². The Morgan fingerprint density at radius 2 is 1.96 bits per heavy atom. The number of anilines is 1.